The molecule has 41 heavy (non-hydrogen) atoms. The average Bonchev–Trinajstić information content (AvgIpc) is 3.25. The van der Waals surface area contributed by atoms with Crippen LogP contribution in [0.3, 0.4) is 0 Å². The number of ether oxygens (including phenoxy) is 2. The maximum atomic E-state index is 14.5. The molecule has 1 aliphatic heterocycles. The molecule has 2 aromatic carbocycles. The predicted molar refractivity (Wildman–Crippen MR) is 143 cm³/mol. The summed E-state index contributed by atoms with van der Waals surface area (Å²) in [5.41, 5.74) is -4.26. The van der Waals surface area contributed by atoms with Gasteiger partial charge in [-0.05, 0) is 32.2 Å². The van der Waals surface area contributed by atoms with E-state index in [1.807, 2.05) is 4.98 Å². The van der Waals surface area contributed by atoms with Crippen LogP contribution in [0.2, 0.25) is 0 Å². The molecule has 5 unspecified atom stereocenters. The number of aliphatic hydroxyl groups is 1. The number of fused-ring (bicyclic) bond motifs is 1. The van der Waals surface area contributed by atoms with Crippen LogP contribution in [0.25, 0.3) is 10.8 Å². The lowest BCUT2D eigenvalue weighted by molar-refractivity contribution is -0.170. The van der Waals surface area contributed by atoms with Crippen LogP contribution in [0.5, 0.6) is 5.75 Å². The molecular weight excluding hydrogens is 567 g/mol. The molecule has 1 aliphatic rings. The number of aromatic nitrogens is 2. The van der Waals surface area contributed by atoms with E-state index in [2.05, 4.69) is 5.09 Å². The normalized spacial score (nSPS) is 23.0. The van der Waals surface area contributed by atoms with E-state index >= 15 is 0 Å². The number of H-pyrrole nitrogens is 1. The first-order chi connectivity index (χ1) is 19.3. The lowest BCUT2D eigenvalue weighted by Gasteiger charge is -2.31. The van der Waals surface area contributed by atoms with Crippen molar-refractivity contribution >= 4 is 24.5 Å². The fourth-order valence-corrected chi connectivity index (χ4v) is 5.87. The number of nitrogens with zero attached hydrogens (tertiary/aromatic N) is 1. The van der Waals surface area contributed by atoms with Gasteiger partial charge in [0.15, 0.2) is 11.8 Å². The molecule has 0 amide bonds. The standard InChI is InChI=1S/C26H30F2N3O9P/c1-15(2)38-23(34)16(3)30-41(36,40-20-10-6-8-17-7-4-5-9-18(17)20)37-14-26(24(27)28)13-19(32)22(39-26)31-12-11-21(33)29-25(31)35/h4-12,15-16,19,22,24,32H,13-14H2,1-3H3,(H,30,36)(H,29,33,35). The minimum Gasteiger partial charge on any atom is -0.462 e. The van der Waals surface area contributed by atoms with Crippen molar-refractivity contribution in [1.29, 1.82) is 0 Å². The molecule has 0 saturated carbocycles. The van der Waals surface area contributed by atoms with E-state index in [9.17, 15) is 32.8 Å². The highest BCUT2D eigenvalue weighted by atomic mass is 31.2. The third-order valence-electron chi connectivity index (χ3n) is 6.27. The Morgan fingerprint density at radius 3 is 2.59 bits per heavy atom. The number of carbonyl (C=O) groups excluding carboxylic acids is 1. The van der Waals surface area contributed by atoms with Gasteiger partial charge >= 0.3 is 19.4 Å². The number of rotatable bonds is 11. The molecule has 222 valence electrons. The first-order valence-corrected chi connectivity index (χ1v) is 14.2. The van der Waals surface area contributed by atoms with Gasteiger partial charge in [-0.25, -0.2) is 18.1 Å². The molecule has 3 N–H and O–H groups in total. The molecular formula is C26H30F2N3O9P. The number of aliphatic hydroxyl groups excluding tert-OH is 1. The molecule has 4 rings (SSSR count). The lowest BCUT2D eigenvalue weighted by Crippen LogP contribution is -2.44. The quantitative estimate of drug-likeness (QED) is 0.222. The molecule has 1 saturated heterocycles. The van der Waals surface area contributed by atoms with Gasteiger partial charge in [-0.15, -0.1) is 0 Å². The Bertz CT molecular complexity index is 1560. The van der Waals surface area contributed by atoms with E-state index < -0.39 is 74.5 Å². The summed E-state index contributed by atoms with van der Waals surface area (Å²) in [6.07, 6.45) is -6.73. The highest BCUT2D eigenvalue weighted by molar-refractivity contribution is 7.52. The number of carbonyl (C=O) groups is 1. The number of nitrogens with one attached hydrogen (secondary N) is 2. The molecule has 0 aliphatic carbocycles. The van der Waals surface area contributed by atoms with Crippen LogP contribution in [0.4, 0.5) is 8.78 Å². The van der Waals surface area contributed by atoms with Crippen molar-refractivity contribution in [2.75, 3.05) is 6.61 Å². The van der Waals surface area contributed by atoms with Gasteiger partial charge in [-0.3, -0.25) is 23.7 Å². The molecule has 0 spiro atoms. The van der Waals surface area contributed by atoms with Crippen molar-refractivity contribution in [2.45, 2.75) is 63.7 Å². The second-order valence-electron chi connectivity index (χ2n) is 9.84. The van der Waals surface area contributed by atoms with Gasteiger partial charge in [-0.2, -0.15) is 5.09 Å². The zero-order valence-electron chi connectivity index (χ0n) is 22.4. The largest absolute Gasteiger partial charge is 0.462 e. The third-order valence-corrected chi connectivity index (χ3v) is 7.88. The summed E-state index contributed by atoms with van der Waals surface area (Å²) in [6.45, 7) is 3.50. The van der Waals surface area contributed by atoms with Crippen molar-refractivity contribution in [1.82, 2.24) is 14.6 Å². The number of halogens is 2. The molecule has 0 bridgehead atoms. The van der Waals surface area contributed by atoms with Crippen molar-refractivity contribution in [3.63, 3.8) is 0 Å². The summed E-state index contributed by atoms with van der Waals surface area (Å²) in [4.78, 5) is 38.1. The van der Waals surface area contributed by atoms with E-state index in [0.29, 0.717) is 5.39 Å². The number of benzene rings is 2. The van der Waals surface area contributed by atoms with Gasteiger partial charge in [0.1, 0.15) is 17.9 Å². The summed E-state index contributed by atoms with van der Waals surface area (Å²) in [6, 6.07) is 11.6. The highest BCUT2D eigenvalue weighted by Gasteiger charge is 2.55. The van der Waals surface area contributed by atoms with Crippen LogP contribution in [-0.2, 0) is 23.4 Å². The molecule has 12 nitrogen and oxygen atoms in total. The molecule has 1 aromatic heterocycles. The summed E-state index contributed by atoms with van der Waals surface area (Å²) in [5.74, 6) is -0.710. The molecule has 1 fully saturated rings. The SMILES string of the molecule is CC(C)OC(=O)C(C)NP(=O)(OCC1(C(F)F)CC(O)C(n2ccc(=O)[nH]c2=O)O1)Oc1cccc2ccccc12. The monoisotopic (exact) mass is 597 g/mol. The first-order valence-electron chi connectivity index (χ1n) is 12.7. The van der Waals surface area contributed by atoms with Crippen LogP contribution in [-0.4, -0.2) is 57.5 Å². The fraction of sp³-hybridized carbons (Fsp3) is 0.423. The number of esters is 1. The van der Waals surface area contributed by atoms with Gasteiger partial charge in [0.25, 0.3) is 12.0 Å². The Morgan fingerprint density at radius 2 is 1.90 bits per heavy atom. The molecule has 2 heterocycles. The lowest BCUT2D eigenvalue weighted by atomic mass is 10.0. The zero-order chi connectivity index (χ0) is 29.9. The minimum absolute atomic E-state index is 0.0829. The van der Waals surface area contributed by atoms with E-state index in [1.54, 1.807) is 50.2 Å². The Morgan fingerprint density at radius 1 is 1.20 bits per heavy atom. The highest BCUT2D eigenvalue weighted by Crippen LogP contribution is 2.50. The van der Waals surface area contributed by atoms with Gasteiger partial charge in [0.05, 0.1) is 12.7 Å². The average molecular weight is 598 g/mol. The summed E-state index contributed by atoms with van der Waals surface area (Å²) in [5, 5.41) is 14.3. The summed E-state index contributed by atoms with van der Waals surface area (Å²) >= 11 is 0. The molecule has 5 atom stereocenters. The fourth-order valence-electron chi connectivity index (χ4n) is 4.30. The zero-order valence-corrected chi connectivity index (χ0v) is 23.3. The Hall–Kier alpha value is -3.42. The first kappa shape index (κ1) is 30.5. The van der Waals surface area contributed by atoms with Crippen LogP contribution in [0, 0.1) is 0 Å². The van der Waals surface area contributed by atoms with Gasteiger partial charge in [0, 0.05) is 24.1 Å². The van der Waals surface area contributed by atoms with E-state index in [4.69, 9.17) is 18.5 Å². The summed E-state index contributed by atoms with van der Waals surface area (Å²) < 4.78 is 65.6. The minimum atomic E-state index is -4.62. The van der Waals surface area contributed by atoms with Gasteiger partial charge in [0.2, 0.25) is 0 Å². The number of hydrogen-bond acceptors (Lipinski definition) is 9. The van der Waals surface area contributed by atoms with Crippen LogP contribution < -0.4 is 20.9 Å². The van der Waals surface area contributed by atoms with Crippen molar-refractivity contribution in [3.8, 4) is 5.75 Å². The Kier molecular flexibility index (Phi) is 9.10. The van der Waals surface area contributed by atoms with E-state index in [-0.39, 0.29) is 5.75 Å². The van der Waals surface area contributed by atoms with Crippen LogP contribution in [0.15, 0.2) is 64.3 Å². The van der Waals surface area contributed by atoms with Crippen molar-refractivity contribution in [3.05, 3.63) is 75.6 Å². The topological polar surface area (TPSA) is 158 Å². The number of alkyl halides is 2. The number of hydrogen-bond donors (Lipinski definition) is 3. The second-order valence-corrected chi connectivity index (χ2v) is 11.5. The molecule has 15 heteroatoms. The molecule has 3 aromatic rings. The van der Waals surface area contributed by atoms with Crippen LogP contribution in [0.1, 0.15) is 33.4 Å². The van der Waals surface area contributed by atoms with Crippen molar-refractivity contribution < 1.29 is 41.8 Å². The maximum absolute atomic E-state index is 14.5. The Balaban J connectivity index is 1.64. The summed E-state index contributed by atoms with van der Waals surface area (Å²) in [7, 11) is -4.62. The second kappa shape index (κ2) is 12.2. The van der Waals surface area contributed by atoms with E-state index in [1.165, 1.54) is 13.0 Å². The van der Waals surface area contributed by atoms with Gasteiger partial charge < -0.3 is 19.1 Å². The maximum Gasteiger partial charge on any atom is 0.459 e. The Labute approximate surface area is 232 Å². The third kappa shape index (κ3) is 6.91. The van der Waals surface area contributed by atoms with Gasteiger partial charge in [-0.1, -0.05) is 36.4 Å². The molecule has 0 radical (unpaired) electrons. The smallest absolute Gasteiger partial charge is 0.459 e. The number of aromatic amines is 1. The van der Waals surface area contributed by atoms with E-state index in [0.717, 1.165) is 22.2 Å². The van der Waals surface area contributed by atoms with Crippen LogP contribution >= 0.6 is 7.75 Å². The predicted octanol–water partition coefficient (Wildman–Crippen LogP) is 3.11. The van der Waals surface area contributed by atoms with Crippen molar-refractivity contribution in [2.24, 2.45) is 0 Å².